The van der Waals surface area contributed by atoms with Gasteiger partial charge in [-0.15, -0.1) is 0 Å². The van der Waals surface area contributed by atoms with Crippen molar-refractivity contribution in [2.45, 2.75) is 32.2 Å². The van der Waals surface area contributed by atoms with E-state index in [1.165, 1.54) is 11.0 Å². The zero-order chi connectivity index (χ0) is 12.4. The minimum Gasteiger partial charge on any atom is -0.465 e. The summed E-state index contributed by atoms with van der Waals surface area (Å²) in [5.74, 6) is -0.220. The molecule has 0 aromatic heterocycles. The van der Waals surface area contributed by atoms with Crippen LogP contribution in [-0.2, 0) is 6.42 Å². The van der Waals surface area contributed by atoms with Gasteiger partial charge >= 0.3 is 6.09 Å². The van der Waals surface area contributed by atoms with E-state index in [2.05, 4.69) is 0 Å². The minimum atomic E-state index is -0.875. The van der Waals surface area contributed by atoms with Gasteiger partial charge in [0.1, 0.15) is 5.82 Å². The van der Waals surface area contributed by atoms with E-state index in [1.807, 2.05) is 6.07 Å². The van der Waals surface area contributed by atoms with Gasteiger partial charge in [-0.1, -0.05) is 12.1 Å². The van der Waals surface area contributed by atoms with Crippen molar-refractivity contribution < 1.29 is 14.3 Å². The Morgan fingerprint density at radius 3 is 3.00 bits per heavy atom. The summed E-state index contributed by atoms with van der Waals surface area (Å²) < 4.78 is 13.4. The Kier molecular flexibility index (Phi) is 3.31. The van der Waals surface area contributed by atoms with Gasteiger partial charge in [0.05, 0.1) is 0 Å². The Morgan fingerprint density at radius 1 is 1.59 bits per heavy atom. The number of hydrogen-bond donors (Lipinski definition) is 1. The summed E-state index contributed by atoms with van der Waals surface area (Å²) >= 11 is 0. The van der Waals surface area contributed by atoms with E-state index in [9.17, 15) is 9.18 Å². The number of likely N-dealkylation sites (tertiary alicyclic amines) is 1. The molecule has 1 atom stereocenters. The normalized spacial score (nSPS) is 19.6. The minimum absolute atomic E-state index is 0.00499. The molecule has 1 saturated heterocycles. The molecular formula is C13H16FNO2. The number of aryl methyl sites for hydroxylation is 1. The molecule has 17 heavy (non-hydrogen) atoms. The largest absolute Gasteiger partial charge is 0.465 e. The zero-order valence-electron chi connectivity index (χ0n) is 9.82. The van der Waals surface area contributed by atoms with Crippen LogP contribution in [0.2, 0.25) is 0 Å². The summed E-state index contributed by atoms with van der Waals surface area (Å²) in [6.45, 7) is 2.31. The molecule has 0 radical (unpaired) electrons. The van der Waals surface area contributed by atoms with Crippen LogP contribution in [0.3, 0.4) is 0 Å². The van der Waals surface area contributed by atoms with Crippen LogP contribution in [0, 0.1) is 12.7 Å². The Hall–Kier alpha value is -1.58. The third kappa shape index (κ3) is 2.57. The quantitative estimate of drug-likeness (QED) is 0.859. The fourth-order valence-corrected chi connectivity index (χ4v) is 2.34. The molecule has 1 aliphatic heterocycles. The van der Waals surface area contributed by atoms with Crippen molar-refractivity contribution in [3.63, 3.8) is 0 Å². The van der Waals surface area contributed by atoms with Crippen molar-refractivity contribution in [3.8, 4) is 0 Å². The molecule has 0 unspecified atom stereocenters. The molecule has 1 heterocycles. The number of rotatable bonds is 2. The molecule has 0 spiro atoms. The Balaban J connectivity index is 2.09. The summed E-state index contributed by atoms with van der Waals surface area (Å²) in [5, 5.41) is 9.01. The van der Waals surface area contributed by atoms with Crippen LogP contribution in [0.15, 0.2) is 18.2 Å². The van der Waals surface area contributed by atoms with Crippen LogP contribution < -0.4 is 0 Å². The van der Waals surface area contributed by atoms with Crippen molar-refractivity contribution in [3.05, 3.63) is 35.1 Å². The number of nitrogens with zero attached hydrogens (tertiary/aromatic N) is 1. The fourth-order valence-electron chi connectivity index (χ4n) is 2.34. The average molecular weight is 237 g/mol. The molecule has 4 heteroatoms. The van der Waals surface area contributed by atoms with Crippen molar-refractivity contribution >= 4 is 6.09 Å². The topological polar surface area (TPSA) is 40.5 Å². The van der Waals surface area contributed by atoms with Crippen LogP contribution in [0.5, 0.6) is 0 Å². The van der Waals surface area contributed by atoms with Crippen LogP contribution in [0.1, 0.15) is 24.0 Å². The smallest absolute Gasteiger partial charge is 0.407 e. The number of benzene rings is 1. The second-order valence-corrected chi connectivity index (χ2v) is 4.56. The van der Waals surface area contributed by atoms with E-state index in [-0.39, 0.29) is 11.9 Å². The van der Waals surface area contributed by atoms with Crippen LogP contribution in [0.25, 0.3) is 0 Å². The number of halogens is 1. The van der Waals surface area contributed by atoms with Gasteiger partial charge in [0.15, 0.2) is 0 Å². The number of carboxylic acid groups (broad SMARTS) is 1. The first kappa shape index (κ1) is 11.9. The number of carbonyl (C=O) groups is 1. The highest BCUT2D eigenvalue weighted by molar-refractivity contribution is 5.65. The molecule has 2 rings (SSSR count). The van der Waals surface area contributed by atoms with E-state index in [4.69, 9.17) is 5.11 Å². The summed E-state index contributed by atoms with van der Waals surface area (Å²) in [6.07, 6.45) is 1.48. The first-order chi connectivity index (χ1) is 8.08. The molecule has 1 N–H and O–H groups in total. The molecule has 1 fully saturated rings. The van der Waals surface area contributed by atoms with E-state index >= 15 is 0 Å². The van der Waals surface area contributed by atoms with E-state index in [1.54, 1.807) is 13.0 Å². The van der Waals surface area contributed by atoms with Crippen LogP contribution >= 0.6 is 0 Å². The number of hydrogen-bond acceptors (Lipinski definition) is 1. The van der Waals surface area contributed by atoms with Gasteiger partial charge < -0.3 is 10.0 Å². The third-order valence-electron chi connectivity index (χ3n) is 3.33. The summed E-state index contributed by atoms with van der Waals surface area (Å²) in [7, 11) is 0. The van der Waals surface area contributed by atoms with Crippen LogP contribution in [0.4, 0.5) is 9.18 Å². The summed E-state index contributed by atoms with van der Waals surface area (Å²) in [5.41, 5.74) is 1.49. The van der Waals surface area contributed by atoms with Crippen molar-refractivity contribution in [2.75, 3.05) is 6.54 Å². The highest BCUT2D eigenvalue weighted by Crippen LogP contribution is 2.22. The SMILES string of the molecule is Cc1ccc(C[C@@H]2CCCN2C(=O)O)cc1F. The maximum atomic E-state index is 13.4. The predicted octanol–water partition coefficient (Wildman–Crippen LogP) is 2.82. The van der Waals surface area contributed by atoms with Crippen molar-refractivity contribution in [2.24, 2.45) is 0 Å². The predicted molar refractivity (Wildman–Crippen MR) is 62.6 cm³/mol. The lowest BCUT2D eigenvalue weighted by atomic mass is 10.0. The van der Waals surface area contributed by atoms with Gasteiger partial charge in [0.2, 0.25) is 0 Å². The van der Waals surface area contributed by atoms with Crippen LogP contribution in [-0.4, -0.2) is 28.7 Å². The van der Waals surface area contributed by atoms with E-state index in [0.29, 0.717) is 18.5 Å². The first-order valence-corrected chi connectivity index (χ1v) is 5.82. The Morgan fingerprint density at radius 2 is 2.35 bits per heavy atom. The average Bonchev–Trinajstić information content (AvgIpc) is 2.72. The summed E-state index contributed by atoms with van der Waals surface area (Å²) in [6, 6.07) is 5.12. The lowest BCUT2D eigenvalue weighted by Crippen LogP contribution is -2.35. The first-order valence-electron chi connectivity index (χ1n) is 5.82. The van der Waals surface area contributed by atoms with Gasteiger partial charge in [0, 0.05) is 12.6 Å². The number of amides is 1. The van der Waals surface area contributed by atoms with Gasteiger partial charge in [-0.2, -0.15) is 0 Å². The molecule has 1 aliphatic rings. The molecular weight excluding hydrogens is 221 g/mol. The van der Waals surface area contributed by atoms with Gasteiger partial charge in [-0.25, -0.2) is 9.18 Å². The van der Waals surface area contributed by atoms with Gasteiger partial charge in [0.25, 0.3) is 0 Å². The highest BCUT2D eigenvalue weighted by atomic mass is 19.1. The van der Waals surface area contributed by atoms with E-state index in [0.717, 1.165) is 18.4 Å². The lowest BCUT2D eigenvalue weighted by Gasteiger charge is -2.21. The van der Waals surface area contributed by atoms with Crippen molar-refractivity contribution in [1.82, 2.24) is 4.90 Å². The molecule has 0 aliphatic carbocycles. The highest BCUT2D eigenvalue weighted by Gasteiger charge is 2.28. The second-order valence-electron chi connectivity index (χ2n) is 4.56. The third-order valence-corrected chi connectivity index (χ3v) is 3.33. The molecule has 0 saturated carbocycles. The molecule has 0 bridgehead atoms. The molecule has 1 aromatic rings. The standard InChI is InChI=1S/C13H16FNO2/c1-9-4-5-10(8-12(9)14)7-11-3-2-6-15(11)13(16)17/h4-5,8,11H,2-3,6-7H2,1H3,(H,16,17)/t11-/m0/s1. The lowest BCUT2D eigenvalue weighted by molar-refractivity contribution is 0.140. The maximum absolute atomic E-state index is 13.4. The molecule has 92 valence electrons. The summed E-state index contributed by atoms with van der Waals surface area (Å²) in [4.78, 5) is 12.4. The molecule has 3 nitrogen and oxygen atoms in total. The van der Waals surface area contributed by atoms with Crippen molar-refractivity contribution in [1.29, 1.82) is 0 Å². The van der Waals surface area contributed by atoms with E-state index < -0.39 is 6.09 Å². The van der Waals surface area contributed by atoms with Gasteiger partial charge in [-0.05, 0) is 43.4 Å². The Labute approximate surface area is 99.9 Å². The monoisotopic (exact) mass is 237 g/mol. The Bertz CT molecular complexity index is 433. The maximum Gasteiger partial charge on any atom is 0.407 e. The fraction of sp³-hybridized carbons (Fsp3) is 0.462. The molecule has 1 aromatic carbocycles. The second kappa shape index (κ2) is 4.73. The zero-order valence-corrected chi connectivity index (χ0v) is 9.82. The van der Waals surface area contributed by atoms with Gasteiger partial charge in [-0.3, -0.25) is 0 Å². The molecule has 1 amide bonds.